The number of aromatic nitrogens is 1. The summed E-state index contributed by atoms with van der Waals surface area (Å²) in [6.07, 6.45) is 3.12. The largest absolute Gasteiger partial charge is 0.301 e. The highest BCUT2D eigenvalue weighted by Gasteiger charge is 2.22. The van der Waals surface area contributed by atoms with Gasteiger partial charge in [0.05, 0.1) is 11.7 Å². The molecule has 0 amide bonds. The normalized spacial score (nSPS) is 20.3. The van der Waals surface area contributed by atoms with Crippen LogP contribution < -0.4 is 5.32 Å². The third-order valence-corrected chi connectivity index (χ3v) is 4.61. The van der Waals surface area contributed by atoms with Gasteiger partial charge in [-0.2, -0.15) is 11.8 Å². The van der Waals surface area contributed by atoms with Gasteiger partial charge in [0.2, 0.25) is 0 Å². The summed E-state index contributed by atoms with van der Waals surface area (Å²) in [4.78, 5) is 4.53. The Bertz CT molecular complexity index is 455. The van der Waals surface area contributed by atoms with Crippen molar-refractivity contribution in [3.63, 3.8) is 0 Å². The van der Waals surface area contributed by atoms with Crippen molar-refractivity contribution in [3.8, 4) is 0 Å². The van der Waals surface area contributed by atoms with Crippen LogP contribution in [0.3, 0.4) is 0 Å². The summed E-state index contributed by atoms with van der Waals surface area (Å²) in [5, 5.41) is 3.77. The Kier molecular flexibility index (Phi) is 4.16. The van der Waals surface area contributed by atoms with Crippen LogP contribution in [0.4, 0.5) is 0 Å². The second kappa shape index (κ2) is 6.22. The van der Waals surface area contributed by atoms with Gasteiger partial charge in [-0.05, 0) is 29.9 Å². The van der Waals surface area contributed by atoms with Gasteiger partial charge in [-0.1, -0.05) is 36.4 Å². The number of hydrogen-bond acceptors (Lipinski definition) is 3. The fraction of sp³-hybridized carbons (Fsp3) is 0.312. The maximum Gasteiger partial charge on any atom is 0.0753 e. The number of rotatable bonds is 4. The fourth-order valence-corrected chi connectivity index (χ4v) is 3.61. The van der Waals surface area contributed by atoms with Crippen LogP contribution in [0.1, 0.15) is 23.7 Å². The van der Waals surface area contributed by atoms with Crippen LogP contribution in [0, 0.1) is 0 Å². The molecule has 2 unspecified atom stereocenters. The second-order valence-corrected chi connectivity index (χ2v) is 5.98. The van der Waals surface area contributed by atoms with E-state index in [0.717, 1.165) is 5.69 Å². The van der Waals surface area contributed by atoms with Gasteiger partial charge in [-0.15, -0.1) is 0 Å². The van der Waals surface area contributed by atoms with Crippen LogP contribution in [0.2, 0.25) is 0 Å². The molecule has 98 valence electrons. The van der Waals surface area contributed by atoms with Gasteiger partial charge in [-0.3, -0.25) is 4.98 Å². The molecule has 0 spiro atoms. The summed E-state index contributed by atoms with van der Waals surface area (Å²) >= 11 is 2.03. The van der Waals surface area contributed by atoms with E-state index >= 15 is 0 Å². The molecular formula is C16H18N2S. The number of benzene rings is 1. The molecule has 1 saturated heterocycles. The quantitative estimate of drug-likeness (QED) is 0.923. The van der Waals surface area contributed by atoms with Crippen LogP contribution in [-0.2, 0) is 0 Å². The van der Waals surface area contributed by atoms with Gasteiger partial charge in [0, 0.05) is 18.0 Å². The highest BCUT2D eigenvalue weighted by molar-refractivity contribution is 7.99. The van der Waals surface area contributed by atoms with Gasteiger partial charge in [0.25, 0.3) is 0 Å². The maximum absolute atomic E-state index is 4.53. The van der Waals surface area contributed by atoms with Crippen molar-refractivity contribution < 1.29 is 0 Å². The van der Waals surface area contributed by atoms with Crippen LogP contribution in [-0.4, -0.2) is 22.5 Å². The van der Waals surface area contributed by atoms with E-state index in [0.29, 0.717) is 6.04 Å². The molecule has 3 rings (SSSR count). The van der Waals surface area contributed by atoms with Crippen LogP contribution in [0.5, 0.6) is 0 Å². The molecule has 0 bridgehead atoms. The zero-order valence-corrected chi connectivity index (χ0v) is 11.6. The topological polar surface area (TPSA) is 24.9 Å². The van der Waals surface area contributed by atoms with E-state index in [9.17, 15) is 0 Å². The van der Waals surface area contributed by atoms with E-state index in [4.69, 9.17) is 0 Å². The number of hydrogen-bond donors (Lipinski definition) is 1. The van der Waals surface area contributed by atoms with Crippen molar-refractivity contribution in [2.24, 2.45) is 0 Å². The van der Waals surface area contributed by atoms with E-state index in [1.165, 1.54) is 23.5 Å². The molecule has 1 fully saturated rings. The van der Waals surface area contributed by atoms with E-state index in [2.05, 4.69) is 52.8 Å². The molecule has 19 heavy (non-hydrogen) atoms. The molecular weight excluding hydrogens is 252 g/mol. The zero-order chi connectivity index (χ0) is 12.9. The summed E-state index contributed by atoms with van der Waals surface area (Å²) in [5.74, 6) is 2.47. The van der Waals surface area contributed by atoms with E-state index in [1.807, 2.05) is 24.0 Å². The lowest BCUT2D eigenvalue weighted by molar-refractivity contribution is 0.499. The molecule has 1 aromatic heterocycles. The Morgan fingerprint density at radius 2 is 1.95 bits per heavy atom. The minimum absolute atomic E-state index is 0.200. The van der Waals surface area contributed by atoms with Gasteiger partial charge >= 0.3 is 0 Å². The molecule has 2 nitrogen and oxygen atoms in total. The average molecular weight is 270 g/mol. The van der Waals surface area contributed by atoms with Gasteiger partial charge in [0.1, 0.15) is 0 Å². The Hall–Kier alpha value is -1.32. The summed E-state index contributed by atoms with van der Waals surface area (Å²) < 4.78 is 0. The monoisotopic (exact) mass is 270 g/mol. The number of thioether (sulfide) groups is 1. The Labute approximate surface area is 118 Å². The van der Waals surface area contributed by atoms with Crippen LogP contribution >= 0.6 is 11.8 Å². The summed E-state index contributed by atoms with van der Waals surface area (Å²) in [5.41, 5.74) is 2.39. The van der Waals surface area contributed by atoms with Gasteiger partial charge < -0.3 is 5.32 Å². The second-order valence-electron chi connectivity index (χ2n) is 4.83. The summed E-state index contributed by atoms with van der Waals surface area (Å²) in [6, 6.07) is 17.5. The lowest BCUT2D eigenvalue weighted by Crippen LogP contribution is -2.33. The van der Waals surface area contributed by atoms with E-state index < -0.39 is 0 Å². The minimum Gasteiger partial charge on any atom is -0.301 e. The predicted molar refractivity (Wildman–Crippen MR) is 81.4 cm³/mol. The van der Waals surface area contributed by atoms with Crippen molar-refractivity contribution in [2.45, 2.75) is 18.5 Å². The lowest BCUT2D eigenvalue weighted by Gasteiger charge is -2.22. The molecule has 1 N–H and O–H groups in total. The van der Waals surface area contributed by atoms with Crippen molar-refractivity contribution >= 4 is 11.8 Å². The summed E-state index contributed by atoms with van der Waals surface area (Å²) in [6.45, 7) is 0. The smallest absolute Gasteiger partial charge is 0.0753 e. The van der Waals surface area contributed by atoms with Crippen molar-refractivity contribution in [3.05, 3.63) is 66.0 Å². The number of pyridine rings is 1. The first-order chi connectivity index (χ1) is 9.43. The Morgan fingerprint density at radius 3 is 2.63 bits per heavy atom. The van der Waals surface area contributed by atoms with E-state index in [1.54, 1.807) is 0 Å². The Balaban J connectivity index is 1.87. The van der Waals surface area contributed by atoms with Crippen molar-refractivity contribution in [1.29, 1.82) is 0 Å². The van der Waals surface area contributed by atoms with Crippen LogP contribution in [0.15, 0.2) is 54.7 Å². The third-order valence-electron chi connectivity index (χ3n) is 3.45. The first kappa shape index (κ1) is 12.7. The van der Waals surface area contributed by atoms with Crippen molar-refractivity contribution in [2.75, 3.05) is 11.5 Å². The first-order valence-corrected chi connectivity index (χ1v) is 7.88. The fourth-order valence-electron chi connectivity index (χ4n) is 2.45. The highest BCUT2D eigenvalue weighted by Crippen LogP contribution is 2.25. The lowest BCUT2D eigenvalue weighted by atomic mass is 10.0. The average Bonchev–Trinajstić information content (AvgIpc) is 3.00. The van der Waals surface area contributed by atoms with Gasteiger partial charge in [-0.25, -0.2) is 0 Å². The van der Waals surface area contributed by atoms with Crippen LogP contribution in [0.25, 0.3) is 0 Å². The van der Waals surface area contributed by atoms with Crippen molar-refractivity contribution in [1.82, 2.24) is 10.3 Å². The molecule has 1 aliphatic heterocycles. The molecule has 1 aliphatic rings. The maximum atomic E-state index is 4.53. The number of nitrogens with zero attached hydrogens (tertiary/aromatic N) is 1. The third kappa shape index (κ3) is 3.17. The molecule has 1 aromatic carbocycles. The predicted octanol–water partition coefficient (Wildman–Crippen LogP) is 3.27. The van der Waals surface area contributed by atoms with Gasteiger partial charge in [0.15, 0.2) is 0 Å². The SMILES string of the molecule is c1ccc(C(NC2CCSC2)c2ccccn2)cc1. The molecule has 0 saturated carbocycles. The zero-order valence-electron chi connectivity index (χ0n) is 10.8. The molecule has 2 heterocycles. The minimum atomic E-state index is 0.200. The highest BCUT2D eigenvalue weighted by atomic mass is 32.2. The molecule has 0 radical (unpaired) electrons. The first-order valence-electron chi connectivity index (χ1n) is 6.73. The molecule has 3 heteroatoms. The standard InChI is InChI=1S/C16H18N2S/c1-2-6-13(7-3-1)16(15-8-4-5-10-17-15)18-14-9-11-19-12-14/h1-8,10,14,16,18H,9,11-12H2. The molecule has 2 atom stereocenters. The van der Waals surface area contributed by atoms with E-state index in [-0.39, 0.29) is 6.04 Å². The Morgan fingerprint density at radius 1 is 1.11 bits per heavy atom. The molecule has 0 aliphatic carbocycles. The summed E-state index contributed by atoms with van der Waals surface area (Å²) in [7, 11) is 0. The number of nitrogens with one attached hydrogen (secondary N) is 1. The molecule has 2 aromatic rings.